The van der Waals surface area contributed by atoms with Crippen LogP contribution in [0.5, 0.6) is 0 Å². The maximum absolute atomic E-state index is 10.9. The first-order valence-corrected chi connectivity index (χ1v) is 5.79. The van der Waals surface area contributed by atoms with Crippen LogP contribution >= 0.6 is 15.9 Å². The summed E-state index contributed by atoms with van der Waals surface area (Å²) >= 11 is 2.82. The largest absolute Gasteiger partial charge is 0.431 e. The molecule has 0 amide bonds. The van der Waals surface area contributed by atoms with Crippen LogP contribution in [-0.2, 0) is 10.0 Å². The van der Waals surface area contributed by atoms with Gasteiger partial charge in [-0.05, 0) is 6.92 Å². The zero-order valence-corrected chi connectivity index (χ0v) is 8.65. The van der Waals surface area contributed by atoms with Crippen molar-refractivity contribution in [1.82, 2.24) is 4.98 Å². The zero-order chi connectivity index (χ0) is 9.19. The molecule has 7 heteroatoms. The van der Waals surface area contributed by atoms with E-state index in [0.717, 1.165) is 0 Å². The summed E-state index contributed by atoms with van der Waals surface area (Å²) in [6.45, 7) is 1.70. The van der Waals surface area contributed by atoms with E-state index in [4.69, 9.17) is 4.42 Å². The molecular weight excluding hydrogens is 248 g/mol. The highest BCUT2D eigenvalue weighted by atomic mass is 79.9. The highest BCUT2D eigenvalue weighted by Gasteiger charge is 2.10. The number of nitrogens with one attached hydrogen (secondary N) is 1. The molecular formula is C5H7BrN2O3S. The first-order chi connectivity index (χ1) is 5.53. The standard InChI is InChI=1S/C5H7BrN2O3S/c1-4-2-11-5(7-4)8-12(9,10)3-6/h2H,3H2,1H3,(H,7,8). The summed E-state index contributed by atoms with van der Waals surface area (Å²) in [6, 6.07) is -0.00745. The SMILES string of the molecule is Cc1coc(NS(=O)(=O)CBr)n1. The number of rotatable bonds is 3. The van der Waals surface area contributed by atoms with Crippen LogP contribution in [0.15, 0.2) is 10.7 Å². The van der Waals surface area contributed by atoms with E-state index in [0.29, 0.717) is 5.69 Å². The average Bonchev–Trinajstić information content (AvgIpc) is 2.35. The number of aryl methyl sites for hydroxylation is 1. The average molecular weight is 255 g/mol. The molecule has 0 aliphatic heterocycles. The molecule has 0 radical (unpaired) electrons. The number of aromatic nitrogens is 1. The fourth-order valence-electron chi connectivity index (χ4n) is 0.561. The molecule has 0 bridgehead atoms. The van der Waals surface area contributed by atoms with Crippen molar-refractivity contribution in [2.75, 3.05) is 9.38 Å². The van der Waals surface area contributed by atoms with Gasteiger partial charge in [-0.25, -0.2) is 13.1 Å². The molecule has 1 rings (SSSR count). The summed E-state index contributed by atoms with van der Waals surface area (Å²) in [6.07, 6.45) is 1.37. The fraction of sp³-hybridized carbons (Fsp3) is 0.400. The minimum absolute atomic E-state index is 0.00745. The van der Waals surface area contributed by atoms with Crippen LogP contribution in [0.1, 0.15) is 5.69 Å². The molecule has 0 aliphatic rings. The van der Waals surface area contributed by atoms with Crippen LogP contribution in [-0.4, -0.2) is 18.1 Å². The van der Waals surface area contributed by atoms with Gasteiger partial charge in [-0.1, -0.05) is 15.9 Å². The van der Waals surface area contributed by atoms with Gasteiger partial charge in [0.15, 0.2) is 0 Å². The molecule has 0 saturated carbocycles. The number of anilines is 1. The first kappa shape index (κ1) is 9.53. The molecule has 12 heavy (non-hydrogen) atoms. The predicted molar refractivity (Wildman–Crippen MR) is 47.6 cm³/mol. The third kappa shape index (κ3) is 2.49. The molecule has 1 heterocycles. The topological polar surface area (TPSA) is 72.2 Å². The Labute approximate surface area is 78.4 Å². The van der Waals surface area contributed by atoms with Crippen molar-refractivity contribution >= 4 is 32.0 Å². The molecule has 1 aromatic heterocycles. The number of sulfonamides is 1. The van der Waals surface area contributed by atoms with Crippen LogP contribution < -0.4 is 4.72 Å². The summed E-state index contributed by atoms with van der Waals surface area (Å²) in [7, 11) is -3.35. The second-order valence-electron chi connectivity index (χ2n) is 2.12. The lowest BCUT2D eigenvalue weighted by molar-refractivity contribution is 0.571. The van der Waals surface area contributed by atoms with Crippen molar-refractivity contribution in [3.8, 4) is 0 Å². The Kier molecular flexibility index (Phi) is 2.73. The molecule has 5 nitrogen and oxygen atoms in total. The normalized spacial score (nSPS) is 11.5. The second-order valence-corrected chi connectivity index (χ2v) is 5.15. The Morgan fingerprint density at radius 2 is 2.42 bits per heavy atom. The van der Waals surface area contributed by atoms with E-state index in [1.807, 2.05) is 0 Å². The van der Waals surface area contributed by atoms with Crippen LogP contribution in [0, 0.1) is 6.92 Å². The van der Waals surface area contributed by atoms with Gasteiger partial charge in [-0.15, -0.1) is 0 Å². The van der Waals surface area contributed by atoms with Crippen LogP contribution in [0.2, 0.25) is 0 Å². The van der Waals surface area contributed by atoms with Gasteiger partial charge in [-0.2, -0.15) is 4.98 Å². The third-order valence-electron chi connectivity index (χ3n) is 1.01. The van der Waals surface area contributed by atoms with Gasteiger partial charge in [-0.3, -0.25) is 0 Å². The Balaban J connectivity index is 2.77. The lowest BCUT2D eigenvalue weighted by Crippen LogP contribution is -2.13. The maximum atomic E-state index is 10.9. The van der Waals surface area contributed by atoms with Gasteiger partial charge in [0.2, 0.25) is 10.0 Å². The van der Waals surface area contributed by atoms with Gasteiger partial charge >= 0.3 is 6.01 Å². The van der Waals surface area contributed by atoms with Gasteiger partial charge in [0.25, 0.3) is 0 Å². The highest BCUT2D eigenvalue weighted by Crippen LogP contribution is 2.08. The quantitative estimate of drug-likeness (QED) is 0.820. The van der Waals surface area contributed by atoms with Gasteiger partial charge in [0.05, 0.1) is 5.69 Å². The molecule has 68 valence electrons. The summed E-state index contributed by atoms with van der Waals surface area (Å²) < 4.78 is 28.6. The summed E-state index contributed by atoms with van der Waals surface area (Å²) in [5.41, 5.74) is 0.627. The van der Waals surface area contributed by atoms with E-state index in [9.17, 15) is 8.42 Å². The maximum Gasteiger partial charge on any atom is 0.308 e. The lowest BCUT2D eigenvalue weighted by Gasteiger charge is -1.97. The molecule has 0 aliphatic carbocycles. The molecule has 0 aromatic carbocycles. The van der Waals surface area contributed by atoms with Gasteiger partial charge < -0.3 is 4.42 Å². The van der Waals surface area contributed by atoms with E-state index < -0.39 is 10.0 Å². The molecule has 0 atom stereocenters. The summed E-state index contributed by atoms with van der Waals surface area (Å²) in [5.74, 6) is 0. The molecule has 1 aromatic rings. The third-order valence-corrected chi connectivity index (χ3v) is 3.59. The van der Waals surface area contributed by atoms with Crippen LogP contribution in [0.3, 0.4) is 0 Å². The highest BCUT2D eigenvalue weighted by molar-refractivity contribution is 9.10. The van der Waals surface area contributed by atoms with Gasteiger partial charge in [0, 0.05) is 0 Å². The molecule has 0 unspecified atom stereocenters. The van der Waals surface area contributed by atoms with Gasteiger partial charge in [0.1, 0.15) is 10.9 Å². The van der Waals surface area contributed by atoms with E-state index in [-0.39, 0.29) is 10.7 Å². The van der Waals surface area contributed by atoms with E-state index in [1.54, 1.807) is 6.92 Å². The zero-order valence-electron chi connectivity index (χ0n) is 6.24. The second kappa shape index (κ2) is 3.44. The molecule has 0 spiro atoms. The number of hydrogen-bond donors (Lipinski definition) is 1. The summed E-state index contributed by atoms with van der Waals surface area (Å²) in [4.78, 5) is 3.77. The van der Waals surface area contributed by atoms with E-state index >= 15 is 0 Å². The number of hydrogen-bond acceptors (Lipinski definition) is 4. The number of alkyl halides is 1. The molecule has 0 fully saturated rings. The van der Waals surface area contributed by atoms with Crippen molar-refractivity contribution in [1.29, 1.82) is 0 Å². The number of oxazole rings is 1. The van der Waals surface area contributed by atoms with Crippen molar-refractivity contribution < 1.29 is 12.8 Å². The molecule has 1 N–H and O–H groups in total. The minimum Gasteiger partial charge on any atom is -0.431 e. The Morgan fingerprint density at radius 1 is 1.75 bits per heavy atom. The minimum atomic E-state index is -3.35. The Hall–Kier alpha value is -0.560. The Morgan fingerprint density at radius 3 is 2.83 bits per heavy atom. The van der Waals surface area contributed by atoms with Crippen molar-refractivity contribution in [2.24, 2.45) is 0 Å². The van der Waals surface area contributed by atoms with Crippen molar-refractivity contribution in [3.63, 3.8) is 0 Å². The molecule has 0 saturated heterocycles. The van der Waals surface area contributed by atoms with Crippen molar-refractivity contribution in [2.45, 2.75) is 6.92 Å². The van der Waals surface area contributed by atoms with Crippen molar-refractivity contribution in [3.05, 3.63) is 12.0 Å². The Bertz CT molecular complexity index is 359. The van der Waals surface area contributed by atoms with E-state index in [2.05, 4.69) is 25.6 Å². The fourth-order valence-corrected chi connectivity index (χ4v) is 1.32. The number of halogens is 1. The monoisotopic (exact) mass is 254 g/mol. The summed E-state index contributed by atoms with van der Waals surface area (Å²) in [5, 5.41) is 0. The number of nitrogens with zero attached hydrogens (tertiary/aromatic N) is 1. The first-order valence-electron chi connectivity index (χ1n) is 3.02. The predicted octanol–water partition coefficient (Wildman–Crippen LogP) is 1.08. The lowest BCUT2D eigenvalue weighted by atomic mass is 10.6. The van der Waals surface area contributed by atoms with E-state index in [1.165, 1.54) is 6.26 Å². The smallest absolute Gasteiger partial charge is 0.308 e. The van der Waals surface area contributed by atoms with Crippen LogP contribution in [0.4, 0.5) is 6.01 Å². The van der Waals surface area contributed by atoms with Crippen LogP contribution in [0.25, 0.3) is 0 Å².